The van der Waals surface area contributed by atoms with Crippen molar-refractivity contribution < 1.29 is 4.79 Å². The van der Waals surface area contributed by atoms with Gasteiger partial charge in [0.25, 0.3) is 5.91 Å². The van der Waals surface area contributed by atoms with Crippen molar-refractivity contribution in [2.24, 2.45) is 7.05 Å². The van der Waals surface area contributed by atoms with E-state index in [1.807, 2.05) is 13.0 Å². The van der Waals surface area contributed by atoms with Crippen LogP contribution in [0.5, 0.6) is 0 Å². The van der Waals surface area contributed by atoms with E-state index in [0.717, 1.165) is 5.69 Å². The number of rotatable bonds is 3. The van der Waals surface area contributed by atoms with Crippen molar-refractivity contribution in [2.75, 3.05) is 5.32 Å². The van der Waals surface area contributed by atoms with E-state index in [1.54, 1.807) is 29.3 Å². The Morgan fingerprint density at radius 1 is 1.52 bits per heavy atom. The highest BCUT2D eigenvalue weighted by atomic mass is 32.1. The number of hydrogen-bond donors (Lipinski definition) is 1. The van der Waals surface area contributed by atoms with Crippen LogP contribution in [0.1, 0.15) is 17.0 Å². The summed E-state index contributed by atoms with van der Waals surface area (Å²) in [5.41, 5.74) is 1.90. The first-order valence-corrected chi connectivity index (χ1v) is 6.84. The Morgan fingerprint density at radius 3 is 2.81 bits per heavy atom. The van der Waals surface area contributed by atoms with Gasteiger partial charge >= 0.3 is 0 Å². The highest BCUT2D eigenvalue weighted by Crippen LogP contribution is 2.18. The molecule has 104 valence electrons. The maximum atomic E-state index is 12.0. The summed E-state index contributed by atoms with van der Waals surface area (Å²) in [5.74, 6) is -0.519. The van der Waals surface area contributed by atoms with Gasteiger partial charge in [-0.3, -0.25) is 10.1 Å². The Bertz CT molecular complexity index is 787. The molecule has 0 saturated heterocycles. The first kappa shape index (κ1) is 14.5. The average molecular weight is 297 g/mol. The van der Waals surface area contributed by atoms with Crippen molar-refractivity contribution in [2.45, 2.75) is 6.92 Å². The van der Waals surface area contributed by atoms with Gasteiger partial charge in [-0.1, -0.05) is 0 Å². The molecule has 21 heavy (non-hydrogen) atoms. The fraction of sp³-hybridized carbons (Fsp3) is 0.143. The van der Waals surface area contributed by atoms with Gasteiger partial charge in [0.05, 0.1) is 0 Å². The number of aromatic nitrogens is 2. The van der Waals surface area contributed by atoms with Gasteiger partial charge in [0.2, 0.25) is 0 Å². The van der Waals surface area contributed by atoms with Gasteiger partial charge in [0, 0.05) is 24.3 Å². The lowest BCUT2D eigenvalue weighted by atomic mass is 10.1. The van der Waals surface area contributed by atoms with Crippen LogP contribution in [-0.2, 0) is 11.8 Å². The topological polar surface area (TPSA) is 94.5 Å². The second kappa shape index (κ2) is 6.04. The monoisotopic (exact) mass is 297 g/mol. The van der Waals surface area contributed by atoms with Crippen LogP contribution in [0, 0.1) is 29.6 Å². The number of hydrogen-bond acceptors (Lipinski definition) is 5. The fourth-order valence-corrected chi connectivity index (χ4v) is 2.25. The summed E-state index contributed by atoms with van der Waals surface area (Å²) in [6.07, 6.45) is 3.04. The summed E-state index contributed by atoms with van der Waals surface area (Å²) < 4.78 is 1.71. The Kier molecular flexibility index (Phi) is 4.17. The van der Waals surface area contributed by atoms with E-state index < -0.39 is 5.91 Å². The molecule has 0 bridgehead atoms. The molecule has 1 amide bonds. The molecule has 0 saturated carbocycles. The highest BCUT2D eigenvalue weighted by Gasteiger charge is 2.13. The second-order valence-corrected chi connectivity index (χ2v) is 5.10. The maximum absolute atomic E-state index is 12.0. The van der Waals surface area contributed by atoms with Crippen LogP contribution >= 0.6 is 11.3 Å². The SMILES string of the molecule is Cc1c(/C=C(/C#N)C(=O)Nc2nccs2)cc(C#N)n1C. The van der Waals surface area contributed by atoms with Crippen molar-refractivity contribution in [3.05, 3.63) is 40.2 Å². The van der Waals surface area contributed by atoms with Crippen molar-refractivity contribution in [1.82, 2.24) is 9.55 Å². The Hall–Kier alpha value is -2.90. The number of carbonyl (C=O) groups excluding carboxylic acids is 1. The van der Waals surface area contributed by atoms with Gasteiger partial charge in [0.15, 0.2) is 5.13 Å². The largest absolute Gasteiger partial charge is 0.339 e. The predicted octanol–water partition coefficient (Wildman–Crippen LogP) is 2.21. The average Bonchev–Trinajstić information content (AvgIpc) is 3.07. The Morgan fingerprint density at radius 2 is 2.29 bits per heavy atom. The lowest BCUT2D eigenvalue weighted by molar-refractivity contribution is -0.112. The molecule has 0 unspecified atom stereocenters. The van der Waals surface area contributed by atoms with E-state index in [-0.39, 0.29) is 5.57 Å². The first-order chi connectivity index (χ1) is 10.1. The summed E-state index contributed by atoms with van der Waals surface area (Å²) in [4.78, 5) is 15.9. The standard InChI is InChI=1S/C14H11N5OS/c1-9-10(6-12(8-16)19(9)2)5-11(7-15)13(20)18-14-17-3-4-21-14/h3-6H,1-2H3,(H,17,18,20)/b11-5-. The number of anilines is 1. The molecular weight excluding hydrogens is 286 g/mol. The molecule has 0 spiro atoms. The van der Waals surface area contributed by atoms with Crippen LogP contribution < -0.4 is 5.32 Å². The molecule has 1 N–H and O–H groups in total. The summed E-state index contributed by atoms with van der Waals surface area (Å²) in [6, 6.07) is 5.57. The van der Waals surface area contributed by atoms with E-state index in [0.29, 0.717) is 16.4 Å². The van der Waals surface area contributed by atoms with Gasteiger partial charge in [0.1, 0.15) is 23.4 Å². The van der Waals surface area contributed by atoms with Crippen molar-refractivity contribution in [3.8, 4) is 12.1 Å². The summed E-state index contributed by atoms with van der Waals surface area (Å²) in [7, 11) is 1.76. The van der Waals surface area contributed by atoms with Gasteiger partial charge in [-0.2, -0.15) is 10.5 Å². The molecule has 6 nitrogen and oxygen atoms in total. The molecule has 0 aliphatic rings. The third kappa shape index (κ3) is 2.99. The summed E-state index contributed by atoms with van der Waals surface area (Å²) >= 11 is 1.27. The lowest BCUT2D eigenvalue weighted by Gasteiger charge is -2.01. The lowest BCUT2D eigenvalue weighted by Crippen LogP contribution is -2.13. The van der Waals surface area contributed by atoms with Crippen molar-refractivity contribution in [1.29, 1.82) is 10.5 Å². The maximum Gasteiger partial charge on any atom is 0.268 e. The minimum Gasteiger partial charge on any atom is -0.339 e. The molecule has 0 aliphatic carbocycles. The van der Waals surface area contributed by atoms with Crippen LogP contribution in [0.3, 0.4) is 0 Å². The van der Waals surface area contributed by atoms with Gasteiger partial charge in [-0.05, 0) is 24.6 Å². The van der Waals surface area contributed by atoms with Gasteiger partial charge in [-0.15, -0.1) is 11.3 Å². The minimum absolute atomic E-state index is 0.0385. The van der Waals surface area contributed by atoms with E-state index >= 15 is 0 Å². The zero-order valence-electron chi connectivity index (χ0n) is 11.4. The third-order valence-electron chi connectivity index (χ3n) is 3.01. The molecule has 0 atom stereocenters. The summed E-state index contributed by atoms with van der Waals surface area (Å²) in [5, 5.41) is 22.8. The summed E-state index contributed by atoms with van der Waals surface area (Å²) in [6.45, 7) is 1.82. The third-order valence-corrected chi connectivity index (χ3v) is 3.70. The Balaban J connectivity index is 2.31. The van der Waals surface area contributed by atoms with Crippen LogP contribution in [0.4, 0.5) is 5.13 Å². The fourth-order valence-electron chi connectivity index (χ4n) is 1.73. The van der Waals surface area contributed by atoms with Crippen LogP contribution in [0.2, 0.25) is 0 Å². The number of nitriles is 2. The second-order valence-electron chi connectivity index (χ2n) is 4.20. The molecule has 0 radical (unpaired) electrons. The molecule has 2 aromatic rings. The zero-order chi connectivity index (χ0) is 15.4. The number of nitrogens with zero attached hydrogens (tertiary/aromatic N) is 4. The normalized spacial score (nSPS) is 10.8. The predicted molar refractivity (Wildman–Crippen MR) is 79.2 cm³/mol. The number of nitrogens with one attached hydrogen (secondary N) is 1. The zero-order valence-corrected chi connectivity index (χ0v) is 12.2. The molecule has 2 aromatic heterocycles. The van der Waals surface area contributed by atoms with E-state index in [2.05, 4.69) is 16.4 Å². The molecule has 0 aliphatic heterocycles. The molecule has 7 heteroatoms. The van der Waals surface area contributed by atoms with E-state index in [9.17, 15) is 4.79 Å². The van der Waals surface area contributed by atoms with Gasteiger partial charge < -0.3 is 4.57 Å². The highest BCUT2D eigenvalue weighted by molar-refractivity contribution is 7.13. The quantitative estimate of drug-likeness (QED) is 0.694. The smallest absolute Gasteiger partial charge is 0.268 e. The number of carbonyl (C=O) groups is 1. The van der Waals surface area contributed by atoms with Crippen LogP contribution in [0.15, 0.2) is 23.2 Å². The molecule has 0 aromatic carbocycles. The van der Waals surface area contributed by atoms with Crippen LogP contribution in [0.25, 0.3) is 6.08 Å². The Labute approximate surface area is 125 Å². The molecule has 0 fully saturated rings. The molecule has 2 rings (SSSR count). The van der Waals surface area contributed by atoms with E-state index in [4.69, 9.17) is 10.5 Å². The van der Waals surface area contributed by atoms with Crippen LogP contribution in [-0.4, -0.2) is 15.5 Å². The van der Waals surface area contributed by atoms with E-state index in [1.165, 1.54) is 17.4 Å². The number of amides is 1. The van der Waals surface area contributed by atoms with Crippen molar-refractivity contribution in [3.63, 3.8) is 0 Å². The first-order valence-electron chi connectivity index (χ1n) is 5.96. The minimum atomic E-state index is -0.519. The van der Waals surface area contributed by atoms with Crippen molar-refractivity contribution >= 4 is 28.5 Å². The molecular formula is C14H11N5OS. The van der Waals surface area contributed by atoms with Gasteiger partial charge in [-0.25, -0.2) is 4.98 Å². The number of thiazole rings is 1. The molecule has 2 heterocycles.